The highest BCUT2D eigenvalue weighted by Crippen LogP contribution is 2.41. The molecule has 0 N–H and O–H groups in total. The topological polar surface area (TPSA) is 57.0 Å². The summed E-state index contributed by atoms with van der Waals surface area (Å²) in [6, 6.07) is 8.29. The molecule has 1 heterocycles. The van der Waals surface area contributed by atoms with Crippen molar-refractivity contribution >= 4 is 5.97 Å². The molecule has 1 aliphatic rings. The molecule has 0 atom stereocenters. The first kappa shape index (κ1) is 13.8. The van der Waals surface area contributed by atoms with Crippen LogP contribution in [-0.2, 0) is 11.3 Å². The Bertz CT molecular complexity index is 659. The van der Waals surface area contributed by atoms with E-state index in [0.717, 1.165) is 24.1 Å². The van der Waals surface area contributed by atoms with Crippen molar-refractivity contribution in [1.82, 2.24) is 15.0 Å². The first-order chi connectivity index (χ1) is 10.2. The van der Waals surface area contributed by atoms with Crippen LogP contribution >= 0.6 is 0 Å². The highest BCUT2D eigenvalue weighted by Gasteiger charge is 2.34. The Morgan fingerprint density at radius 3 is 2.90 bits per heavy atom. The third-order valence-electron chi connectivity index (χ3n) is 3.62. The molecule has 0 bridgehead atoms. The van der Waals surface area contributed by atoms with Crippen molar-refractivity contribution in [1.29, 1.82) is 0 Å². The van der Waals surface area contributed by atoms with Crippen LogP contribution in [0.3, 0.4) is 0 Å². The molecule has 110 valence electrons. The average molecular weight is 285 g/mol. The number of carbonyl (C=O) groups excluding carboxylic acids is 1. The van der Waals surface area contributed by atoms with E-state index in [1.807, 2.05) is 10.7 Å². The highest BCUT2D eigenvalue weighted by molar-refractivity contribution is 5.88. The monoisotopic (exact) mass is 285 g/mol. The van der Waals surface area contributed by atoms with Crippen LogP contribution in [0.15, 0.2) is 24.3 Å². The lowest BCUT2D eigenvalue weighted by atomic mass is 10.1. The third-order valence-corrected chi connectivity index (χ3v) is 3.62. The molecule has 1 aromatic heterocycles. The van der Waals surface area contributed by atoms with Crippen molar-refractivity contribution in [3.05, 3.63) is 46.8 Å². The SMILES string of the molecule is CCOC(=O)c1nnn(Cc2cccc(C)c2)c1C1CC1. The maximum atomic E-state index is 12.0. The summed E-state index contributed by atoms with van der Waals surface area (Å²) in [5, 5.41) is 8.22. The highest BCUT2D eigenvalue weighted by atomic mass is 16.5. The van der Waals surface area contributed by atoms with E-state index in [1.54, 1.807) is 6.92 Å². The fourth-order valence-corrected chi connectivity index (χ4v) is 2.53. The van der Waals surface area contributed by atoms with E-state index in [4.69, 9.17) is 4.74 Å². The molecule has 1 aliphatic carbocycles. The molecular weight excluding hydrogens is 266 g/mol. The summed E-state index contributed by atoms with van der Waals surface area (Å²) in [5.41, 5.74) is 3.69. The van der Waals surface area contributed by atoms with Gasteiger partial charge in [-0.1, -0.05) is 35.0 Å². The molecule has 5 nitrogen and oxygen atoms in total. The van der Waals surface area contributed by atoms with Gasteiger partial charge >= 0.3 is 5.97 Å². The van der Waals surface area contributed by atoms with Gasteiger partial charge in [-0.25, -0.2) is 9.48 Å². The zero-order valence-electron chi connectivity index (χ0n) is 12.4. The van der Waals surface area contributed by atoms with E-state index >= 15 is 0 Å². The predicted octanol–water partition coefficient (Wildman–Crippen LogP) is 2.69. The molecule has 0 saturated heterocycles. The van der Waals surface area contributed by atoms with E-state index in [2.05, 4.69) is 35.4 Å². The van der Waals surface area contributed by atoms with Crippen LogP contribution in [0.1, 0.15) is 53.0 Å². The molecule has 0 aliphatic heterocycles. The fourth-order valence-electron chi connectivity index (χ4n) is 2.53. The van der Waals surface area contributed by atoms with E-state index in [1.165, 1.54) is 5.56 Å². The Morgan fingerprint density at radius 1 is 1.43 bits per heavy atom. The van der Waals surface area contributed by atoms with Gasteiger partial charge in [0.1, 0.15) is 0 Å². The van der Waals surface area contributed by atoms with Gasteiger partial charge in [-0.05, 0) is 32.3 Å². The number of carbonyl (C=O) groups is 1. The van der Waals surface area contributed by atoms with Gasteiger partial charge in [0, 0.05) is 5.92 Å². The molecule has 0 unspecified atom stereocenters. The van der Waals surface area contributed by atoms with Gasteiger partial charge in [-0.3, -0.25) is 0 Å². The van der Waals surface area contributed by atoms with E-state index in [0.29, 0.717) is 24.8 Å². The van der Waals surface area contributed by atoms with Crippen molar-refractivity contribution in [2.24, 2.45) is 0 Å². The van der Waals surface area contributed by atoms with Gasteiger partial charge in [0.15, 0.2) is 5.69 Å². The number of benzene rings is 1. The third kappa shape index (κ3) is 2.96. The number of nitrogens with zero attached hydrogens (tertiary/aromatic N) is 3. The first-order valence-electron chi connectivity index (χ1n) is 7.35. The van der Waals surface area contributed by atoms with Gasteiger partial charge in [0.2, 0.25) is 0 Å². The minimum atomic E-state index is -0.366. The lowest BCUT2D eigenvalue weighted by Crippen LogP contribution is -2.11. The van der Waals surface area contributed by atoms with Crippen molar-refractivity contribution in [2.75, 3.05) is 6.61 Å². The largest absolute Gasteiger partial charge is 0.461 e. The summed E-state index contributed by atoms with van der Waals surface area (Å²) in [6.07, 6.45) is 2.18. The molecule has 5 heteroatoms. The summed E-state index contributed by atoms with van der Waals surface area (Å²) >= 11 is 0. The van der Waals surface area contributed by atoms with Gasteiger partial charge in [-0.2, -0.15) is 0 Å². The standard InChI is InChI=1S/C16H19N3O2/c1-3-21-16(20)14-15(13-7-8-13)19(18-17-14)10-12-6-4-5-11(2)9-12/h4-6,9,13H,3,7-8,10H2,1-2H3. The van der Waals surface area contributed by atoms with Crippen LogP contribution in [0.25, 0.3) is 0 Å². The second kappa shape index (κ2) is 5.68. The van der Waals surface area contributed by atoms with Crippen LogP contribution in [0.4, 0.5) is 0 Å². The Morgan fingerprint density at radius 2 is 2.24 bits per heavy atom. The maximum absolute atomic E-state index is 12.0. The van der Waals surface area contributed by atoms with Gasteiger partial charge < -0.3 is 4.74 Å². The molecule has 1 fully saturated rings. The molecule has 3 rings (SSSR count). The van der Waals surface area contributed by atoms with Crippen LogP contribution in [0.2, 0.25) is 0 Å². The van der Waals surface area contributed by atoms with Crippen LogP contribution in [0.5, 0.6) is 0 Å². The van der Waals surface area contributed by atoms with Gasteiger partial charge in [0.05, 0.1) is 18.8 Å². The minimum absolute atomic E-state index is 0.355. The Kier molecular flexibility index (Phi) is 3.73. The smallest absolute Gasteiger partial charge is 0.360 e. The number of esters is 1. The number of hydrogen-bond donors (Lipinski definition) is 0. The van der Waals surface area contributed by atoms with E-state index < -0.39 is 0 Å². The lowest BCUT2D eigenvalue weighted by Gasteiger charge is -2.07. The van der Waals surface area contributed by atoms with Gasteiger partial charge in [0.25, 0.3) is 0 Å². The zero-order chi connectivity index (χ0) is 14.8. The Hall–Kier alpha value is -2.17. The molecular formula is C16H19N3O2. The van der Waals surface area contributed by atoms with Gasteiger partial charge in [-0.15, -0.1) is 5.10 Å². The summed E-state index contributed by atoms with van der Waals surface area (Å²) in [4.78, 5) is 12.0. The molecule has 0 spiro atoms. The van der Waals surface area contributed by atoms with Crippen molar-refractivity contribution < 1.29 is 9.53 Å². The number of hydrogen-bond acceptors (Lipinski definition) is 4. The van der Waals surface area contributed by atoms with Crippen molar-refractivity contribution in [3.8, 4) is 0 Å². The molecule has 2 aromatic rings. The van der Waals surface area contributed by atoms with E-state index in [9.17, 15) is 4.79 Å². The van der Waals surface area contributed by atoms with Crippen molar-refractivity contribution in [2.45, 2.75) is 39.2 Å². The normalized spacial score (nSPS) is 14.2. The number of rotatable bonds is 5. The molecule has 21 heavy (non-hydrogen) atoms. The second-order valence-electron chi connectivity index (χ2n) is 5.46. The number of aromatic nitrogens is 3. The number of aryl methyl sites for hydroxylation is 1. The average Bonchev–Trinajstić information content (AvgIpc) is 3.20. The zero-order valence-corrected chi connectivity index (χ0v) is 12.4. The van der Waals surface area contributed by atoms with Crippen LogP contribution in [0, 0.1) is 6.92 Å². The Balaban J connectivity index is 1.90. The quantitative estimate of drug-likeness (QED) is 0.793. The fraction of sp³-hybridized carbons (Fsp3) is 0.438. The summed E-state index contributed by atoms with van der Waals surface area (Å²) in [5.74, 6) is 0.0270. The maximum Gasteiger partial charge on any atom is 0.360 e. The molecule has 1 saturated carbocycles. The predicted molar refractivity (Wildman–Crippen MR) is 78.2 cm³/mol. The molecule has 1 aromatic carbocycles. The summed E-state index contributed by atoms with van der Waals surface area (Å²) in [7, 11) is 0. The molecule has 0 radical (unpaired) electrons. The second-order valence-corrected chi connectivity index (χ2v) is 5.46. The molecule has 0 amide bonds. The first-order valence-corrected chi connectivity index (χ1v) is 7.35. The van der Waals surface area contributed by atoms with Crippen molar-refractivity contribution in [3.63, 3.8) is 0 Å². The van der Waals surface area contributed by atoms with E-state index in [-0.39, 0.29) is 5.97 Å². The van der Waals surface area contributed by atoms with Crippen LogP contribution < -0.4 is 0 Å². The Labute approximate surface area is 123 Å². The minimum Gasteiger partial charge on any atom is -0.461 e. The summed E-state index contributed by atoms with van der Waals surface area (Å²) in [6.45, 7) is 4.86. The summed E-state index contributed by atoms with van der Waals surface area (Å²) < 4.78 is 6.92. The number of ether oxygens (including phenoxy) is 1. The lowest BCUT2D eigenvalue weighted by molar-refractivity contribution is 0.0518. The van der Waals surface area contributed by atoms with Crippen LogP contribution in [-0.4, -0.2) is 27.6 Å².